The molecule has 1 fully saturated rings. The van der Waals surface area contributed by atoms with Gasteiger partial charge in [-0.25, -0.2) is 4.98 Å². The van der Waals surface area contributed by atoms with E-state index in [1.807, 2.05) is 18.2 Å². The zero-order valence-corrected chi connectivity index (χ0v) is 15.1. The smallest absolute Gasteiger partial charge is 0.129 e. The Hall–Kier alpha value is -2.26. The Labute approximate surface area is 153 Å². The molecule has 0 saturated carbocycles. The Morgan fingerprint density at radius 3 is 2.56 bits per heavy atom. The van der Waals surface area contributed by atoms with Crippen LogP contribution in [0.25, 0.3) is 22.0 Å². The van der Waals surface area contributed by atoms with Crippen molar-refractivity contribution < 1.29 is 4.74 Å². The average molecular weight is 353 g/mol. The van der Waals surface area contributed by atoms with Gasteiger partial charge in [-0.05, 0) is 67.3 Å². The summed E-state index contributed by atoms with van der Waals surface area (Å²) >= 11 is 6.42. The number of fused-ring (bicyclic) bond motifs is 1. The molecule has 0 bridgehead atoms. The number of halogens is 1. The summed E-state index contributed by atoms with van der Waals surface area (Å²) in [5, 5.41) is 1.82. The van der Waals surface area contributed by atoms with Crippen LogP contribution < -0.4 is 9.64 Å². The van der Waals surface area contributed by atoms with Crippen LogP contribution in [0.15, 0.2) is 48.5 Å². The van der Waals surface area contributed by atoms with E-state index in [1.54, 1.807) is 7.11 Å². The third kappa shape index (κ3) is 3.29. The molecule has 25 heavy (non-hydrogen) atoms. The Kier molecular flexibility index (Phi) is 4.50. The van der Waals surface area contributed by atoms with Gasteiger partial charge in [0, 0.05) is 24.0 Å². The third-order valence-electron chi connectivity index (χ3n) is 4.84. The third-order valence-corrected chi connectivity index (χ3v) is 5.15. The lowest BCUT2D eigenvalue weighted by atomic mass is 10.0. The maximum Gasteiger partial charge on any atom is 0.129 e. The highest BCUT2D eigenvalue weighted by atomic mass is 35.5. The van der Waals surface area contributed by atoms with E-state index in [0.717, 1.165) is 46.7 Å². The molecule has 3 aromatic rings. The van der Waals surface area contributed by atoms with Gasteiger partial charge < -0.3 is 9.64 Å². The molecule has 128 valence electrons. The minimum absolute atomic E-state index is 0.691. The lowest BCUT2D eigenvalue weighted by molar-refractivity contribution is 0.415. The van der Waals surface area contributed by atoms with Crippen LogP contribution >= 0.6 is 11.6 Å². The van der Waals surface area contributed by atoms with Crippen molar-refractivity contribution in [1.29, 1.82) is 0 Å². The van der Waals surface area contributed by atoms with E-state index in [0.29, 0.717) is 5.02 Å². The summed E-state index contributed by atoms with van der Waals surface area (Å²) in [5.41, 5.74) is 3.12. The molecule has 1 saturated heterocycles. The van der Waals surface area contributed by atoms with Gasteiger partial charge in [-0.1, -0.05) is 17.7 Å². The Morgan fingerprint density at radius 1 is 0.960 bits per heavy atom. The predicted octanol–water partition coefficient (Wildman–Crippen LogP) is 5.55. The molecule has 1 aromatic heterocycles. The van der Waals surface area contributed by atoms with Crippen LogP contribution in [0, 0.1) is 0 Å². The summed E-state index contributed by atoms with van der Waals surface area (Å²) in [6.45, 7) is 2.22. The summed E-state index contributed by atoms with van der Waals surface area (Å²) in [6.07, 6.45) is 3.85. The zero-order valence-electron chi connectivity index (χ0n) is 14.3. The molecular formula is C21H21ClN2O. The number of hydrogen-bond donors (Lipinski definition) is 0. The number of methoxy groups -OCH3 is 1. The van der Waals surface area contributed by atoms with Gasteiger partial charge in [0.2, 0.25) is 0 Å². The van der Waals surface area contributed by atoms with E-state index in [9.17, 15) is 0 Å². The first-order valence-corrected chi connectivity index (χ1v) is 9.12. The topological polar surface area (TPSA) is 25.4 Å². The monoisotopic (exact) mass is 352 g/mol. The molecule has 0 radical (unpaired) electrons. The van der Waals surface area contributed by atoms with Crippen molar-refractivity contribution in [2.24, 2.45) is 0 Å². The lowest BCUT2D eigenvalue weighted by Gasteiger charge is -2.27. The van der Waals surface area contributed by atoms with E-state index in [-0.39, 0.29) is 0 Å². The molecule has 0 spiro atoms. The summed E-state index contributed by atoms with van der Waals surface area (Å²) in [7, 11) is 1.65. The Balaban J connectivity index is 1.68. The summed E-state index contributed by atoms with van der Waals surface area (Å²) < 4.78 is 5.23. The number of pyridine rings is 1. The molecule has 2 aromatic carbocycles. The number of nitrogens with zero attached hydrogens (tertiary/aromatic N) is 2. The van der Waals surface area contributed by atoms with Crippen LogP contribution in [0.1, 0.15) is 19.3 Å². The molecule has 0 unspecified atom stereocenters. The number of piperidine rings is 1. The first kappa shape index (κ1) is 16.2. The summed E-state index contributed by atoms with van der Waals surface area (Å²) in [4.78, 5) is 7.24. The van der Waals surface area contributed by atoms with Crippen molar-refractivity contribution >= 4 is 28.3 Å². The zero-order chi connectivity index (χ0) is 17.2. The molecule has 1 aliphatic heterocycles. The minimum Gasteiger partial charge on any atom is -0.497 e. The average Bonchev–Trinajstić information content (AvgIpc) is 2.67. The van der Waals surface area contributed by atoms with Gasteiger partial charge in [-0.15, -0.1) is 0 Å². The highest BCUT2D eigenvalue weighted by Crippen LogP contribution is 2.33. The highest BCUT2D eigenvalue weighted by molar-refractivity contribution is 6.33. The van der Waals surface area contributed by atoms with Gasteiger partial charge in [0.25, 0.3) is 0 Å². The van der Waals surface area contributed by atoms with Crippen molar-refractivity contribution in [3.05, 3.63) is 53.6 Å². The van der Waals surface area contributed by atoms with E-state index in [2.05, 4.69) is 35.2 Å². The largest absolute Gasteiger partial charge is 0.497 e. The van der Waals surface area contributed by atoms with Crippen LogP contribution in [-0.4, -0.2) is 25.2 Å². The van der Waals surface area contributed by atoms with Gasteiger partial charge in [0.05, 0.1) is 17.6 Å². The second kappa shape index (κ2) is 6.93. The summed E-state index contributed by atoms with van der Waals surface area (Å²) in [5.74, 6) is 1.85. The van der Waals surface area contributed by atoms with Crippen molar-refractivity contribution in [3.8, 4) is 16.9 Å². The molecule has 1 aliphatic rings. The van der Waals surface area contributed by atoms with E-state index >= 15 is 0 Å². The van der Waals surface area contributed by atoms with Crippen LogP contribution in [-0.2, 0) is 0 Å². The van der Waals surface area contributed by atoms with Gasteiger partial charge in [-0.3, -0.25) is 0 Å². The van der Waals surface area contributed by atoms with Crippen molar-refractivity contribution in [1.82, 2.24) is 4.98 Å². The number of aromatic nitrogens is 1. The first-order valence-electron chi connectivity index (χ1n) is 8.74. The van der Waals surface area contributed by atoms with E-state index in [4.69, 9.17) is 21.3 Å². The molecule has 4 heteroatoms. The number of anilines is 1. The second-order valence-electron chi connectivity index (χ2n) is 6.47. The SMILES string of the molecule is COc1ccc(-c2ccc3nc(N4CCCCC4)ccc3c2)c(Cl)c1. The molecule has 0 aliphatic carbocycles. The number of benzene rings is 2. The highest BCUT2D eigenvalue weighted by Gasteiger charge is 2.13. The van der Waals surface area contributed by atoms with Crippen molar-refractivity contribution in [2.45, 2.75) is 19.3 Å². The fraction of sp³-hybridized carbons (Fsp3) is 0.286. The second-order valence-corrected chi connectivity index (χ2v) is 6.88. The molecule has 0 N–H and O–H groups in total. The number of ether oxygens (including phenoxy) is 1. The Bertz CT molecular complexity index is 904. The van der Waals surface area contributed by atoms with Gasteiger partial charge in [-0.2, -0.15) is 0 Å². The van der Waals surface area contributed by atoms with E-state index in [1.165, 1.54) is 19.3 Å². The van der Waals surface area contributed by atoms with Crippen LogP contribution in [0.5, 0.6) is 5.75 Å². The van der Waals surface area contributed by atoms with Crippen LogP contribution in [0.3, 0.4) is 0 Å². The summed E-state index contributed by atoms with van der Waals surface area (Å²) in [6, 6.07) is 16.4. The first-order chi connectivity index (χ1) is 12.2. The van der Waals surface area contributed by atoms with Crippen molar-refractivity contribution in [2.75, 3.05) is 25.1 Å². The normalized spacial score (nSPS) is 14.7. The molecular weight excluding hydrogens is 332 g/mol. The van der Waals surface area contributed by atoms with Gasteiger partial charge in [0.1, 0.15) is 11.6 Å². The quantitative estimate of drug-likeness (QED) is 0.617. The van der Waals surface area contributed by atoms with Gasteiger partial charge in [0.15, 0.2) is 0 Å². The standard InChI is InChI=1S/C21H21ClN2O/c1-25-17-7-8-18(19(22)14-17)15-5-9-20-16(13-15)6-10-21(23-20)24-11-3-2-4-12-24/h5-10,13-14H,2-4,11-12H2,1H3. The van der Waals surface area contributed by atoms with Crippen LogP contribution in [0.4, 0.5) is 5.82 Å². The maximum atomic E-state index is 6.42. The molecule has 0 amide bonds. The van der Waals surface area contributed by atoms with Gasteiger partial charge >= 0.3 is 0 Å². The number of rotatable bonds is 3. The minimum atomic E-state index is 0.691. The molecule has 4 rings (SSSR count). The molecule has 2 heterocycles. The fourth-order valence-electron chi connectivity index (χ4n) is 3.44. The lowest BCUT2D eigenvalue weighted by Crippen LogP contribution is -2.30. The van der Waals surface area contributed by atoms with E-state index < -0.39 is 0 Å². The molecule has 3 nitrogen and oxygen atoms in total. The maximum absolute atomic E-state index is 6.42. The predicted molar refractivity (Wildman–Crippen MR) is 105 cm³/mol. The number of hydrogen-bond acceptors (Lipinski definition) is 3. The van der Waals surface area contributed by atoms with Crippen LogP contribution in [0.2, 0.25) is 5.02 Å². The Morgan fingerprint density at radius 2 is 1.80 bits per heavy atom. The fourth-order valence-corrected chi connectivity index (χ4v) is 3.72. The molecule has 0 atom stereocenters. The van der Waals surface area contributed by atoms with Crippen molar-refractivity contribution in [3.63, 3.8) is 0 Å².